The van der Waals surface area contributed by atoms with Crippen LogP contribution in [0.15, 0.2) is 42.5 Å². The fourth-order valence-electron chi connectivity index (χ4n) is 2.73. The van der Waals surface area contributed by atoms with Gasteiger partial charge in [-0.05, 0) is 23.8 Å². The van der Waals surface area contributed by atoms with Gasteiger partial charge in [0, 0.05) is 11.5 Å². The number of carbonyl (C=O) groups excluding carboxylic acids is 1. The highest BCUT2D eigenvalue weighted by Gasteiger charge is 2.29. The van der Waals surface area contributed by atoms with E-state index in [0.717, 1.165) is 22.6 Å². The number of hydrogen-bond acceptors (Lipinski definition) is 4. The standard InChI is InChI=1S/C16H12O4/c17-16-8-12(11-3-1-2-4-13(11)20-16)10-5-6-14-15(7-10)19-9-18-14/h1-7,12H,8-9H2/t12-/m0/s1. The Morgan fingerprint density at radius 2 is 1.80 bits per heavy atom. The van der Waals surface area contributed by atoms with E-state index in [1.807, 2.05) is 42.5 Å². The van der Waals surface area contributed by atoms with E-state index in [2.05, 4.69) is 0 Å². The molecule has 0 aliphatic carbocycles. The lowest BCUT2D eigenvalue weighted by Gasteiger charge is -2.24. The van der Waals surface area contributed by atoms with Gasteiger partial charge in [-0.1, -0.05) is 24.3 Å². The molecule has 0 bridgehead atoms. The molecule has 1 atom stereocenters. The Morgan fingerprint density at radius 1 is 0.950 bits per heavy atom. The maximum absolute atomic E-state index is 11.8. The summed E-state index contributed by atoms with van der Waals surface area (Å²) in [4.78, 5) is 11.8. The summed E-state index contributed by atoms with van der Waals surface area (Å²) in [5.41, 5.74) is 2.07. The zero-order valence-electron chi connectivity index (χ0n) is 10.7. The molecule has 0 amide bonds. The third-order valence-corrected chi connectivity index (χ3v) is 3.69. The van der Waals surface area contributed by atoms with Gasteiger partial charge in [-0.2, -0.15) is 0 Å². The fourth-order valence-corrected chi connectivity index (χ4v) is 2.73. The number of para-hydroxylation sites is 1. The van der Waals surface area contributed by atoms with Crippen LogP contribution < -0.4 is 14.2 Å². The van der Waals surface area contributed by atoms with Gasteiger partial charge in [0.1, 0.15) is 5.75 Å². The molecule has 100 valence electrons. The van der Waals surface area contributed by atoms with Crippen molar-refractivity contribution in [3.05, 3.63) is 53.6 Å². The zero-order chi connectivity index (χ0) is 13.5. The van der Waals surface area contributed by atoms with Crippen LogP contribution in [0.3, 0.4) is 0 Å². The smallest absolute Gasteiger partial charge is 0.312 e. The third-order valence-electron chi connectivity index (χ3n) is 3.69. The molecule has 0 saturated heterocycles. The molecule has 2 aliphatic rings. The number of rotatable bonds is 1. The van der Waals surface area contributed by atoms with Crippen molar-refractivity contribution >= 4 is 5.97 Å². The lowest BCUT2D eigenvalue weighted by Crippen LogP contribution is -2.20. The predicted molar refractivity (Wildman–Crippen MR) is 71.1 cm³/mol. The Kier molecular flexibility index (Phi) is 2.42. The van der Waals surface area contributed by atoms with Crippen molar-refractivity contribution in [2.45, 2.75) is 12.3 Å². The van der Waals surface area contributed by atoms with Crippen LogP contribution in [0, 0.1) is 0 Å². The Morgan fingerprint density at radius 3 is 2.75 bits per heavy atom. The lowest BCUT2D eigenvalue weighted by molar-refractivity contribution is -0.135. The molecule has 20 heavy (non-hydrogen) atoms. The Balaban J connectivity index is 1.80. The quantitative estimate of drug-likeness (QED) is 0.589. The molecule has 2 aromatic rings. The molecule has 2 aliphatic heterocycles. The average molecular weight is 268 g/mol. The Hall–Kier alpha value is -2.49. The first-order valence-corrected chi connectivity index (χ1v) is 6.50. The van der Waals surface area contributed by atoms with Crippen LogP contribution in [-0.4, -0.2) is 12.8 Å². The molecule has 2 aromatic carbocycles. The molecule has 0 radical (unpaired) electrons. The molecular weight excluding hydrogens is 256 g/mol. The molecule has 4 rings (SSSR count). The highest BCUT2D eigenvalue weighted by molar-refractivity contribution is 5.77. The maximum Gasteiger partial charge on any atom is 0.312 e. The minimum Gasteiger partial charge on any atom is -0.454 e. The fraction of sp³-hybridized carbons (Fsp3) is 0.188. The minimum absolute atomic E-state index is 0.00181. The van der Waals surface area contributed by atoms with Gasteiger partial charge in [-0.25, -0.2) is 0 Å². The van der Waals surface area contributed by atoms with Gasteiger partial charge in [0.15, 0.2) is 11.5 Å². The van der Waals surface area contributed by atoms with Crippen molar-refractivity contribution in [1.82, 2.24) is 0 Å². The number of ether oxygens (including phenoxy) is 3. The van der Waals surface area contributed by atoms with Crippen molar-refractivity contribution in [2.75, 3.05) is 6.79 Å². The van der Waals surface area contributed by atoms with E-state index in [9.17, 15) is 4.79 Å². The second kappa shape index (κ2) is 4.27. The molecule has 2 heterocycles. The van der Waals surface area contributed by atoms with Crippen molar-refractivity contribution in [3.63, 3.8) is 0 Å². The van der Waals surface area contributed by atoms with Gasteiger partial charge in [-0.15, -0.1) is 0 Å². The molecule has 0 saturated carbocycles. The van der Waals surface area contributed by atoms with Crippen LogP contribution in [0.2, 0.25) is 0 Å². The summed E-state index contributed by atoms with van der Waals surface area (Å²) >= 11 is 0. The third kappa shape index (κ3) is 1.72. The van der Waals surface area contributed by atoms with Gasteiger partial charge < -0.3 is 14.2 Å². The lowest BCUT2D eigenvalue weighted by atomic mass is 9.86. The first-order valence-electron chi connectivity index (χ1n) is 6.50. The topological polar surface area (TPSA) is 44.8 Å². The van der Waals surface area contributed by atoms with E-state index in [1.165, 1.54) is 0 Å². The van der Waals surface area contributed by atoms with Gasteiger partial charge in [0.2, 0.25) is 6.79 Å². The summed E-state index contributed by atoms with van der Waals surface area (Å²) in [6, 6.07) is 13.5. The molecule has 4 nitrogen and oxygen atoms in total. The van der Waals surface area contributed by atoms with Gasteiger partial charge in [0.05, 0.1) is 6.42 Å². The predicted octanol–water partition coefficient (Wildman–Crippen LogP) is 2.86. The number of benzene rings is 2. The van der Waals surface area contributed by atoms with E-state index >= 15 is 0 Å². The Labute approximate surface area is 115 Å². The van der Waals surface area contributed by atoms with E-state index in [-0.39, 0.29) is 18.7 Å². The number of fused-ring (bicyclic) bond motifs is 2. The van der Waals surface area contributed by atoms with Gasteiger partial charge >= 0.3 is 5.97 Å². The van der Waals surface area contributed by atoms with E-state index in [0.29, 0.717) is 12.2 Å². The Bertz CT molecular complexity index is 693. The summed E-state index contributed by atoms with van der Waals surface area (Å²) in [6.07, 6.45) is 0.344. The van der Waals surface area contributed by atoms with Crippen molar-refractivity contribution in [3.8, 4) is 17.2 Å². The summed E-state index contributed by atoms with van der Waals surface area (Å²) in [6.45, 7) is 0.252. The molecule has 0 N–H and O–H groups in total. The summed E-state index contributed by atoms with van der Waals surface area (Å²) in [5, 5.41) is 0. The molecular formula is C16H12O4. The summed E-state index contributed by atoms with van der Waals surface area (Å²) in [5.74, 6) is 1.93. The highest BCUT2D eigenvalue weighted by Crippen LogP contribution is 2.42. The van der Waals surface area contributed by atoms with Crippen LogP contribution in [-0.2, 0) is 4.79 Å². The van der Waals surface area contributed by atoms with Crippen molar-refractivity contribution in [1.29, 1.82) is 0 Å². The second-order valence-corrected chi connectivity index (χ2v) is 4.88. The summed E-state index contributed by atoms with van der Waals surface area (Å²) < 4.78 is 16.0. The highest BCUT2D eigenvalue weighted by atomic mass is 16.7. The van der Waals surface area contributed by atoms with Gasteiger partial charge in [0.25, 0.3) is 0 Å². The van der Waals surface area contributed by atoms with Crippen molar-refractivity contribution < 1.29 is 19.0 Å². The normalized spacial score (nSPS) is 19.4. The monoisotopic (exact) mass is 268 g/mol. The largest absolute Gasteiger partial charge is 0.454 e. The van der Waals surface area contributed by atoms with Crippen LogP contribution in [0.5, 0.6) is 17.2 Å². The second-order valence-electron chi connectivity index (χ2n) is 4.88. The average Bonchev–Trinajstić information content (AvgIpc) is 2.93. The van der Waals surface area contributed by atoms with Crippen molar-refractivity contribution in [2.24, 2.45) is 0 Å². The van der Waals surface area contributed by atoms with Crippen LogP contribution in [0.25, 0.3) is 0 Å². The molecule has 0 fully saturated rings. The van der Waals surface area contributed by atoms with E-state index in [4.69, 9.17) is 14.2 Å². The van der Waals surface area contributed by atoms with Crippen LogP contribution in [0.4, 0.5) is 0 Å². The molecule has 0 unspecified atom stereocenters. The molecule has 0 aromatic heterocycles. The van der Waals surface area contributed by atoms with Crippen LogP contribution in [0.1, 0.15) is 23.5 Å². The molecule has 4 heteroatoms. The minimum atomic E-state index is -0.202. The number of hydrogen-bond donors (Lipinski definition) is 0. The zero-order valence-corrected chi connectivity index (χ0v) is 10.7. The first kappa shape index (κ1) is 11.3. The first-order chi connectivity index (χ1) is 9.81. The van der Waals surface area contributed by atoms with E-state index < -0.39 is 0 Å². The number of esters is 1. The van der Waals surface area contributed by atoms with Crippen LogP contribution >= 0.6 is 0 Å². The number of carbonyl (C=O) groups is 1. The van der Waals surface area contributed by atoms with Gasteiger partial charge in [-0.3, -0.25) is 4.79 Å². The summed E-state index contributed by atoms with van der Waals surface area (Å²) in [7, 11) is 0. The van der Waals surface area contributed by atoms with E-state index in [1.54, 1.807) is 0 Å². The molecule has 0 spiro atoms. The maximum atomic E-state index is 11.8. The SMILES string of the molecule is O=C1C[C@@H](c2ccc3c(c2)OCO3)c2ccccc2O1.